The summed E-state index contributed by atoms with van der Waals surface area (Å²) in [5.41, 5.74) is 0. The van der Waals surface area contributed by atoms with Gasteiger partial charge in [0, 0.05) is 0 Å². The highest BCUT2D eigenvalue weighted by molar-refractivity contribution is 5.72. The van der Waals surface area contributed by atoms with E-state index in [2.05, 4.69) is 0 Å². The van der Waals surface area contributed by atoms with Crippen molar-refractivity contribution < 1.29 is 33.6 Å². The van der Waals surface area contributed by atoms with Crippen LogP contribution in [0.5, 0.6) is 0 Å². The molecule has 0 aromatic rings. The summed E-state index contributed by atoms with van der Waals surface area (Å²) in [6.45, 7) is 3.26. The lowest BCUT2D eigenvalue weighted by molar-refractivity contribution is -0.156. The van der Waals surface area contributed by atoms with Crippen LogP contribution in [0.25, 0.3) is 0 Å². The van der Waals surface area contributed by atoms with Crippen molar-refractivity contribution in [1.29, 1.82) is 0 Å². The number of ether oxygens (including phenoxy) is 5. The average molecular weight is 264 g/mol. The van der Waals surface area contributed by atoms with E-state index < -0.39 is 12.1 Å². The van der Waals surface area contributed by atoms with Gasteiger partial charge in [-0.3, -0.25) is 0 Å². The van der Waals surface area contributed by atoms with Crippen molar-refractivity contribution in [2.45, 2.75) is 6.10 Å². The summed E-state index contributed by atoms with van der Waals surface area (Å²) in [5.74, 6) is -1.04. The highest BCUT2D eigenvalue weighted by atomic mass is 16.6. The molecular formula is C11H20O7. The lowest BCUT2D eigenvalue weighted by Crippen LogP contribution is -2.31. The van der Waals surface area contributed by atoms with Crippen LogP contribution in [0.2, 0.25) is 0 Å². The van der Waals surface area contributed by atoms with E-state index >= 15 is 0 Å². The normalized spacial score (nSPS) is 25.9. The molecule has 1 heterocycles. The molecule has 106 valence electrons. The van der Waals surface area contributed by atoms with Crippen molar-refractivity contribution in [1.82, 2.24) is 0 Å². The molecule has 0 aliphatic carbocycles. The zero-order chi connectivity index (χ0) is 13.1. The smallest absolute Gasteiger partial charge is 0.335 e. The molecule has 1 aliphatic heterocycles. The van der Waals surface area contributed by atoms with Crippen molar-refractivity contribution in [2.24, 2.45) is 0 Å². The second-order valence-corrected chi connectivity index (χ2v) is 3.61. The molecule has 1 aliphatic rings. The first-order valence-corrected chi connectivity index (χ1v) is 5.96. The minimum absolute atomic E-state index is 0.00912. The zero-order valence-corrected chi connectivity index (χ0v) is 10.3. The Labute approximate surface area is 106 Å². The van der Waals surface area contributed by atoms with Gasteiger partial charge in [0.2, 0.25) is 0 Å². The summed E-state index contributed by atoms with van der Waals surface area (Å²) in [5, 5.41) is 8.89. The van der Waals surface area contributed by atoms with E-state index in [1.165, 1.54) is 0 Å². The molecule has 1 fully saturated rings. The number of hydrogen-bond donors (Lipinski definition) is 1. The van der Waals surface area contributed by atoms with Gasteiger partial charge in [-0.2, -0.15) is 0 Å². The Morgan fingerprint density at radius 2 is 1.22 bits per heavy atom. The number of carboxylic acid groups (broad SMARTS) is 1. The number of aliphatic carboxylic acids is 1. The summed E-state index contributed by atoms with van der Waals surface area (Å²) in [6.07, 6.45) is -0.963. The third kappa shape index (κ3) is 7.57. The van der Waals surface area contributed by atoms with Crippen molar-refractivity contribution in [2.75, 3.05) is 59.5 Å². The van der Waals surface area contributed by atoms with Crippen molar-refractivity contribution >= 4 is 5.97 Å². The molecule has 1 atom stereocenters. The molecule has 0 spiro atoms. The Morgan fingerprint density at radius 3 is 1.72 bits per heavy atom. The van der Waals surface area contributed by atoms with Crippen molar-refractivity contribution in [3.63, 3.8) is 0 Å². The molecule has 7 heteroatoms. The summed E-state index contributed by atoms with van der Waals surface area (Å²) < 4.78 is 26.0. The summed E-state index contributed by atoms with van der Waals surface area (Å²) in [7, 11) is 0. The van der Waals surface area contributed by atoms with Crippen LogP contribution >= 0.6 is 0 Å². The Hall–Kier alpha value is -0.730. The Kier molecular flexibility index (Phi) is 8.70. The van der Waals surface area contributed by atoms with Crippen LogP contribution in [-0.2, 0) is 28.5 Å². The van der Waals surface area contributed by atoms with Crippen LogP contribution in [-0.4, -0.2) is 76.6 Å². The minimum Gasteiger partial charge on any atom is -0.479 e. The number of carbonyl (C=O) groups is 1. The number of rotatable bonds is 1. The molecule has 1 saturated heterocycles. The predicted octanol–water partition coefficient (Wildman–Crippen LogP) is -0.464. The molecule has 0 aromatic heterocycles. The maximum absolute atomic E-state index is 10.9. The molecule has 1 unspecified atom stereocenters. The standard InChI is InChI=1S/C11H20O7/c12-11(13)10-9-17-6-5-15-2-1-14-3-4-16-7-8-18-10/h10H,1-9H2,(H,12,13). The molecule has 7 nitrogen and oxygen atoms in total. The molecular weight excluding hydrogens is 244 g/mol. The molecule has 1 N–H and O–H groups in total. The lowest BCUT2D eigenvalue weighted by Gasteiger charge is -2.13. The van der Waals surface area contributed by atoms with E-state index in [0.29, 0.717) is 46.2 Å². The number of hydrogen-bond acceptors (Lipinski definition) is 6. The van der Waals surface area contributed by atoms with E-state index in [4.69, 9.17) is 28.8 Å². The molecule has 0 bridgehead atoms. The first-order chi connectivity index (χ1) is 8.80. The van der Waals surface area contributed by atoms with Gasteiger partial charge in [0.15, 0.2) is 6.10 Å². The van der Waals surface area contributed by atoms with Gasteiger partial charge in [0.25, 0.3) is 0 Å². The van der Waals surface area contributed by atoms with E-state index in [1.54, 1.807) is 0 Å². The van der Waals surface area contributed by atoms with E-state index in [9.17, 15) is 4.79 Å². The fourth-order valence-electron chi connectivity index (χ4n) is 1.29. The van der Waals surface area contributed by atoms with Gasteiger partial charge in [-0.05, 0) is 0 Å². The molecule has 0 radical (unpaired) electrons. The summed E-state index contributed by atoms with van der Waals surface area (Å²) in [4.78, 5) is 10.9. The molecule has 1 rings (SSSR count). The Bertz CT molecular complexity index is 205. The van der Waals surface area contributed by atoms with Gasteiger partial charge in [0.1, 0.15) is 0 Å². The van der Waals surface area contributed by atoms with Gasteiger partial charge in [-0.15, -0.1) is 0 Å². The van der Waals surface area contributed by atoms with Crippen molar-refractivity contribution in [3.05, 3.63) is 0 Å². The fraction of sp³-hybridized carbons (Fsp3) is 0.909. The third-order valence-electron chi connectivity index (χ3n) is 2.21. The fourth-order valence-corrected chi connectivity index (χ4v) is 1.29. The SMILES string of the molecule is O=C(O)C1COCCOCCOCCOCCO1. The van der Waals surface area contributed by atoms with Crippen LogP contribution in [0.1, 0.15) is 0 Å². The molecule has 0 amide bonds. The Balaban J connectivity index is 2.26. The van der Waals surface area contributed by atoms with Gasteiger partial charge in [-0.1, -0.05) is 0 Å². The molecule has 0 aromatic carbocycles. The second kappa shape index (κ2) is 10.2. The lowest BCUT2D eigenvalue weighted by atomic mass is 10.4. The minimum atomic E-state index is -1.04. The van der Waals surface area contributed by atoms with E-state index in [0.717, 1.165) is 0 Å². The maximum atomic E-state index is 10.9. The molecule has 0 saturated carbocycles. The number of carboxylic acids is 1. The largest absolute Gasteiger partial charge is 0.479 e. The van der Waals surface area contributed by atoms with E-state index in [1.807, 2.05) is 0 Å². The van der Waals surface area contributed by atoms with Crippen LogP contribution < -0.4 is 0 Å². The highest BCUT2D eigenvalue weighted by Gasteiger charge is 2.18. The average Bonchev–Trinajstić information content (AvgIpc) is 2.36. The monoisotopic (exact) mass is 264 g/mol. The van der Waals surface area contributed by atoms with Gasteiger partial charge < -0.3 is 28.8 Å². The first kappa shape index (κ1) is 15.3. The van der Waals surface area contributed by atoms with Gasteiger partial charge in [0.05, 0.1) is 59.5 Å². The van der Waals surface area contributed by atoms with Gasteiger partial charge >= 0.3 is 5.97 Å². The van der Waals surface area contributed by atoms with Crippen LogP contribution in [0.15, 0.2) is 0 Å². The third-order valence-corrected chi connectivity index (χ3v) is 2.21. The topological polar surface area (TPSA) is 83.5 Å². The first-order valence-electron chi connectivity index (χ1n) is 5.96. The van der Waals surface area contributed by atoms with Crippen LogP contribution in [0, 0.1) is 0 Å². The second-order valence-electron chi connectivity index (χ2n) is 3.61. The highest BCUT2D eigenvalue weighted by Crippen LogP contribution is 1.95. The van der Waals surface area contributed by atoms with Crippen LogP contribution in [0.4, 0.5) is 0 Å². The summed E-state index contributed by atoms with van der Waals surface area (Å²) >= 11 is 0. The maximum Gasteiger partial charge on any atom is 0.335 e. The zero-order valence-electron chi connectivity index (χ0n) is 10.3. The van der Waals surface area contributed by atoms with Crippen LogP contribution in [0.3, 0.4) is 0 Å². The molecule has 18 heavy (non-hydrogen) atoms. The van der Waals surface area contributed by atoms with E-state index in [-0.39, 0.29) is 13.2 Å². The van der Waals surface area contributed by atoms with Gasteiger partial charge in [-0.25, -0.2) is 4.79 Å². The predicted molar refractivity (Wildman–Crippen MR) is 60.7 cm³/mol. The Morgan fingerprint density at radius 1 is 0.778 bits per heavy atom. The van der Waals surface area contributed by atoms with Crippen molar-refractivity contribution in [3.8, 4) is 0 Å². The quantitative estimate of drug-likeness (QED) is 0.685. The summed E-state index contributed by atoms with van der Waals surface area (Å²) in [6, 6.07) is 0.